The third-order valence-corrected chi connectivity index (χ3v) is 5.26. The summed E-state index contributed by atoms with van der Waals surface area (Å²) >= 11 is 0. The molecule has 0 aliphatic rings. The second-order valence-corrected chi connectivity index (χ2v) is 9.41. The van der Waals surface area contributed by atoms with Gasteiger partial charge in [-0.3, -0.25) is 23.7 Å². The first kappa shape index (κ1) is 54.3. The van der Waals surface area contributed by atoms with Gasteiger partial charge in [0, 0.05) is 0 Å². The quantitative estimate of drug-likeness (QED) is 0.153. The van der Waals surface area contributed by atoms with Crippen LogP contribution in [0.1, 0.15) is 0 Å². The summed E-state index contributed by atoms with van der Waals surface area (Å²) in [4.78, 5) is 0. The second-order valence-electron chi connectivity index (χ2n) is 9.41. The lowest BCUT2D eigenvalue weighted by Gasteiger charge is -2.44. The summed E-state index contributed by atoms with van der Waals surface area (Å²) in [6, 6.07) is 0. The molecule has 0 aromatic heterocycles. The molecule has 0 unspecified atom stereocenters. The van der Waals surface area contributed by atoms with E-state index in [9.17, 15) is 154 Å². The van der Waals surface area contributed by atoms with Gasteiger partial charge in [0.25, 0.3) is 6.36 Å². The van der Waals surface area contributed by atoms with Gasteiger partial charge in [0.2, 0.25) is 0 Å². The molecule has 0 amide bonds. The fraction of sp³-hybridized carbons (Fsp3) is 1.00. The van der Waals surface area contributed by atoms with Crippen LogP contribution in [0.15, 0.2) is 0 Å². The SMILES string of the molecule is F[C@@H](OC(F)(F)[C@](F)(OC(F)(F)[C@](F)(OC(F)(F)[C@](F)(OC(F)(F)[C@](F)(OC(F)(F)C(F)(F)C(F)(F)F)C(F)(F)F)C(F)(F)F)C(F)(F)F)C(F)(F)F)C(F)(F)F. The molecular weight excluding hydrogens is 949 g/mol. The van der Waals surface area contributed by atoms with Crippen LogP contribution in [0.2, 0.25) is 0 Å². The zero-order chi connectivity index (χ0) is 47.1. The van der Waals surface area contributed by atoms with Crippen LogP contribution in [0.25, 0.3) is 0 Å². The second kappa shape index (κ2) is 14.2. The molecule has 0 aromatic carbocycles. The van der Waals surface area contributed by atoms with E-state index in [1.807, 2.05) is 0 Å². The van der Waals surface area contributed by atoms with E-state index in [2.05, 4.69) is 0 Å². The van der Waals surface area contributed by atoms with Crippen LogP contribution >= 0.6 is 0 Å². The van der Waals surface area contributed by atoms with Gasteiger partial charge in [0.1, 0.15) is 0 Å². The number of halogens is 35. The maximum Gasteiger partial charge on any atom is 0.462 e. The Morgan fingerprint density at radius 2 is 0.439 bits per heavy atom. The molecule has 0 radical (unpaired) electrons. The molecule has 5 nitrogen and oxygen atoms in total. The Balaban J connectivity index is 7.87. The Morgan fingerprint density at radius 1 is 0.246 bits per heavy atom. The largest absolute Gasteiger partial charge is 0.462 e. The van der Waals surface area contributed by atoms with E-state index in [-0.39, 0.29) is 0 Å². The molecule has 0 fully saturated rings. The summed E-state index contributed by atoms with van der Waals surface area (Å²) in [6.45, 7) is 0. The van der Waals surface area contributed by atoms with Crippen molar-refractivity contribution in [2.24, 2.45) is 0 Å². The molecule has 5 atom stereocenters. The molecule has 344 valence electrons. The van der Waals surface area contributed by atoms with Gasteiger partial charge in [-0.15, -0.1) is 0 Å². The highest BCUT2D eigenvalue weighted by Crippen LogP contribution is 2.62. The van der Waals surface area contributed by atoms with Crippen molar-refractivity contribution >= 4 is 0 Å². The molecule has 0 aliphatic carbocycles. The molecular formula is C17HF35O5. The summed E-state index contributed by atoms with van der Waals surface area (Å²) in [7, 11) is 0. The zero-order valence-electron chi connectivity index (χ0n) is 23.8. The van der Waals surface area contributed by atoms with Gasteiger partial charge < -0.3 is 0 Å². The van der Waals surface area contributed by atoms with E-state index >= 15 is 0 Å². The number of hydrogen-bond donors (Lipinski definition) is 0. The number of alkyl halides is 35. The lowest BCUT2D eigenvalue weighted by Crippen LogP contribution is -2.72. The highest BCUT2D eigenvalue weighted by molar-refractivity contribution is 5.00. The van der Waals surface area contributed by atoms with E-state index in [1.54, 1.807) is 0 Å². The summed E-state index contributed by atoms with van der Waals surface area (Å²) in [6.07, 6.45) is -103. The third kappa shape index (κ3) is 9.40. The minimum atomic E-state index is -9.53. The Bertz CT molecular complexity index is 1380. The van der Waals surface area contributed by atoms with Crippen LogP contribution < -0.4 is 0 Å². The van der Waals surface area contributed by atoms with Gasteiger partial charge in [0.05, 0.1) is 0 Å². The molecule has 57 heavy (non-hydrogen) atoms. The van der Waals surface area contributed by atoms with Crippen molar-refractivity contribution in [3.05, 3.63) is 0 Å². The van der Waals surface area contributed by atoms with Crippen LogP contribution in [-0.4, -0.2) is 103 Å². The molecule has 0 N–H and O–H groups in total. The molecule has 0 aliphatic heterocycles. The lowest BCUT2D eigenvalue weighted by molar-refractivity contribution is -0.599. The number of ether oxygens (including phenoxy) is 5. The van der Waals surface area contributed by atoms with Crippen molar-refractivity contribution in [2.75, 3.05) is 0 Å². The first-order valence-electron chi connectivity index (χ1n) is 11.5. The van der Waals surface area contributed by atoms with Gasteiger partial charge in [-0.2, -0.15) is 149 Å². The van der Waals surface area contributed by atoms with Crippen LogP contribution in [-0.2, 0) is 23.7 Å². The van der Waals surface area contributed by atoms with Crippen molar-refractivity contribution in [3.63, 3.8) is 0 Å². The molecule has 0 heterocycles. The Hall–Kier alpha value is -2.65. The minimum absolute atomic E-state index is 0.705. The van der Waals surface area contributed by atoms with Gasteiger partial charge in [-0.1, -0.05) is 0 Å². The summed E-state index contributed by atoms with van der Waals surface area (Å²) in [5.74, 6) is -45.6. The maximum atomic E-state index is 14.5. The monoisotopic (exact) mass is 950 g/mol. The van der Waals surface area contributed by atoms with Crippen LogP contribution in [0, 0.1) is 0 Å². The zero-order valence-corrected chi connectivity index (χ0v) is 23.8. The molecule has 0 aromatic rings. The van der Waals surface area contributed by atoms with Crippen molar-refractivity contribution in [1.29, 1.82) is 0 Å². The van der Waals surface area contributed by atoms with E-state index < -0.39 is 103 Å². The Labute approximate surface area is 282 Å². The fourth-order valence-corrected chi connectivity index (χ4v) is 2.53. The highest BCUT2D eigenvalue weighted by Gasteiger charge is 2.91. The number of hydrogen-bond acceptors (Lipinski definition) is 5. The summed E-state index contributed by atoms with van der Waals surface area (Å²) in [5.41, 5.74) is 0. The summed E-state index contributed by atoms with van der Waals surface area (Å²) < 4.78 is 467. The van der Waals surface area contributed by atoms with Crippen molar-refractivity contribution in [1.82, 2.24) is 0 Å². The maximum absolute atomic E-state index is 14.5. The topological polar surface area (TPSA) is 46.2 Å². The van der Waals surface area contributed by atoms with E-state index in [1.165, 1.54) is 4.74 Å². The van der Waals surface area contributed by atoms with Crippen LogP contribution in [0.3, 0.4) is 0 Å². The average molecular weight is 950 g/mol. The van der Waals surface area contributed by atoms with Gasteiger partial charge >= 0.3 is 96.9 Å². The normalized spacial score (nSPS) is 20.7. The molecule has 0 spiro atoms. The smallest absolute Gasteiger partial charge is 0.272 e. The number of rotatable bonds is 15. The third-order valence-electron chi connectivity index (χ3n) is 5.26. The lowest BCUT2D eigenvalue weighted by atomic mass is 10.2. The van der Waals surface area contributed by atoms with Crippen molar-refractivity contribution in [3.8, 4) is 0 Å². The molecule has 0 saturated heterocycles. The first-order valence-corrected chi connectivity index (χ1v) is 11.5. The average Bonchev–Trinajstić information content (AvgIpc) is 2.87. The van der Waals surface area contributed by atoms with E-state index in [4.69, 9.17) is 0 Å². The van der Waals surface area contributed by atoms with Crippen LogP contribution in [0.4, 0.5) is 154 Å². The van der Waals surface area contributed by atoms with Gasteiger partial charge in [-0.25, -0.2) is 4.39 Å². The molecule has 0 bridgehead atoms. The van der Waals surface area contributed by atoms with E-state index in [0.717, 1.165) is 9.47 Å². The van der Waals surface area contributed by atoms with Gasteiger partial charge in [-0.05, 0) is 0 Å². The molecule has 0 rings (SSSR count). The van der Waals surface area contributed by atoms with Crippen LogP contribution in [0.5, 0.6) is 0 Å². The predicted octanol–water partition coefficient (Wildman–Crippen LogP) is 11.0. The molecule has 40 heteroatoms. The predicted molar refractivity (Wildman–Crippen MR) is 91.7 cm³/mol. The minimum Gasteiger partial charge on any atom is -0.272 e. The van der Waals surface area contributed by atoms with E-state index in [0.29, 0.717) is 9.47 Å². The Kier molecular flexibility index (Phi) is 13.6. The van der Waals surface area contributed by atoms with Gasteiger partial charge in [0.15, 0.2) is 0 Å². The summed E-state index contributed by atoms with van der Waals surface area (Å²) in [5, 5.41) is 0. The van der Waals surface area contributed by atoms with Crippen molar-refractivity contribution < 1.29 is 177 Å². The molecule has 0 saturated carbocycles. The van der Waals surface area contributed by atoms with Crippen molar-refractivity contribution in [2.45, 2.75) is 103 Å². The highest BCUT2D eigenvalue weighted by atomic mass is 19.5. The first-order chi connectivity index (χ1) is 24.0. The Morgan fingerprint density at radius 3 is 0.614 bits per heavy atom. The standard InChI is InChI=1S/C17HF35O5/c18-1(2(19,20)21)53-14(45,46)4(24,9(31,32)33)55-16(49,50)6(26,11(37,38)39)57-17(51,52)7(27,12(40,41)42)56-15(47,48)5(25,10(34,35)36)54-13(43,44)3(22,23)8(28,29)30/h1H/t1-,4+,5+,6+,7+/m0/s1. The fourth-order valence-electron chi connectivity index (χ4n) is 2.53.